The third-order valence-electron chi connectivity index (χ3n) is 9.22. The Kier molecular flexibility index (Phi) is 5.19. The summed E-state index contributed by atoms with van der Waals surface area (Å²) in [6.07, 6.45) is 0. The van der Waals surface area contributed by atoms with E-state index >= 15 is 0 Å². The van der Waals surface area contributed by atoms with Gasteiger partial charge in [-0.25, -0.2) is 9.97 Å². The molecule has 0 aliphatic carbocycles. The van der Waals surface area contributed by atoms with E-state index in [-0.39, 0.29) is 0 Å². The van der Waals surface area contributed by atoms with Gasteiger partial charge < -0.3 is 0 Å². The number of thiophene rings is 1. The Morgan fingerprint density at radius 1 is 0.356 bits per heavy atom. The van der Waals surface area contributed by atoms with E-state index in [0.29, 0.717) is 0 Å². The van der Waals surface area contributed by atoms with E-state index in [0.717, 1.165) is 27.5 Å². The molecule has 0 saturated heterocycles. The highest BCUT2D eigenvalue weighted by atomic mass is 32.1. The summed E-state index contributed by atoms with van der Waals surface area (Å²) >= 11 is 1.87. The van der Waals surface area contributed by atoms with Crippen LogP contribution in [-0.4, -0.2) is 9.97 Å². The maximum absolute atomic E-state index is 5.12. The lowest BCUT2D eigenvalue weighted by molar-refractivity contribution is 1.41. The average Bonchev–Trinajstić information content (AvgIpc) is 3.47. The van der Waals surface area contributed by atoms with Crippen molar-refractivity contribution in [3.63, 3.8) is 0 Å². The Morgan fingerprint density at radius 3 is 1.60 bits per heavy atom. The lowest BCUT2D eigenvalue weighted by Gasteiger charge is -2.19. The zero-order chi connectivity index (χ0) is 29.5. The second kappa shape index (κ2) is 9.43. The van der Waals surface area contributed by atoms with Crippen LogP contribution < -0.4 is 0 Å². The summed E-state index contributed by atoms with van der Waals surface area (Å²) in [5, 5.41) is 9.93. The Bertz CT molecular complexity index is 2770. The number of para-hydroxylation sites is 2. The van der Waals surface area contributed by atoms with E-state index in [2.05, 4.69) is 121 Å². The number of aromatic nitrogens is 2. The average molecular weight is 589 g/mol. The molecule has 0 unspecified atom stereocenters. The molecule has 0 aliphatic rings. The zero-order valence-electron chi connectivity index (χ0n) is 24.2. The van der Waals surface area contributed by atoms with Crippen molar-refractivity contribution >= 4 is 85.9 Å². The Balaban J connectivity index is 1.33. The van der Waals surface area contributed by atoms with Gasteiger partial charge in [-0.05, 0) is 79.5 Å². The van der Waals surface area contributed by atoms with E-state index in [1.54, 1.807) is 0 Å². The maximum Gasteiger partial charge on any atom is 0.0973 e. The van der Waals surface area contributed by atoms with Crippen LogP contribution in [0.2, 0.25) is 0 Å². The number of nitrogens with zero attached hydrogens (tertiary/aromatic N) is 2. The van der Waals surface area contributed by atoms with Crippen molar-refractivity contribution in [1.82, 2.24) is 9.97 Å². The second-order valence-corrected chi connectivity index (χ2v) is 12.8. The van der Waals surface area contributed by atoms with E-state index in [4.69, 9.17) is 9.97 Å². The smallest absolute Gasteiger partial charge is 0.0973 e. The van der Waals surface area contributed by atoms with Gasteiger partial charge in [-0.1, -0.05) is 115 Å². The highest BCUT2D eigenvalue weighted by molar-refractivity contribution is 7.25. The third kappa shape index (κ3) is 3.62. The molecule has 3 heteroatoms. The molecule has 10 aromatic rings. The normalized spacial score (nSPS) is 12.0. The molecule has 0 atom stereocenters. The van der Waals surface area contributed by atoms with Crippen molar-refractivity contribution in [1.29, 1.82) is 0 Å². The molecule has 2 nitrogen and oxygen atoms in total. The molecule has 2 heterocycles. The summed E-state index contributed by atoms with van der Waals surface area (Å²) in [7, 11) is 0. The fourth-order valence-electron chi connectivity index (χ4n) is 7.27. The summed E-state index contributed by atoms with van der Waals surface area (Å²) in [4.78, 5) is 10.2. The molecule has 8 aromatic carbocycles. The summed E-state index contributed by atoms with van der Waals surface area (Å²) in [6, 6.07) is 52.5. The van der Waals surface area contributed by atoms with Gasteiger partial charge in [-0.2, -0.15) is 0 Å². The molecule has 10 rings (SSSR count). The highest BCUT2D eigenvalue weighted by Crippen LogP contribution is 2.47. The molecule has 0 N–H and O–H groups in total. The largest absolute Gasteiger partial charge is 0.244 e. The fraction of sp³-hybridized carbons (Fsp3) is 0. The van der Waals surface area contributed by atoms with Gasteiger partial charge in [0, 0.05) is 25.6 Å². The third-order valence-corrected chi connectivity index (χ3v) is 10.4. The molecular formula is C42H24N2S. The molecule has 0 bridgehead atoms. The number of hydrogen-bond acceptors (Lipinski definition) is 3. The SMILES string of the molecule is c1ccc2nc3c(cc(-c4c5ccccc5c(-c5ccc6c(c5)sc5ccccc56)c5ccccc45)c4ccccc43)nc2c1. The minimum atomic E-state index is 0.910. The molecule has 0 spiro atoms. The van der Waals surface area contributed by atoms with Crippen LogP contribution in [0.15, 0.2) is 146 Å². The van der Waals surface area contributed by atoms with Gasteiger partial charge in [0.2, 0.25) is 0 Å². The molecule has 45 heavy (non-hydrogen) atoms. The minimum absolute atomic E-state index is 0.910. The maximum atomic E-state index is 5.12. The quantitative estimate of drug-likeness (QED) is 0.148. The van der Waals surface area contributed by atoms with Crippen LogP contribution in [0.25, 0.3) is 96.8 Å². The standard InChI is InChI=1S/C42H24N2S/c1-6-17-33-26(11-1)34(24-37-42(33)44-36-19-9-8-18-35(36)43-37)41-31-15-4-2-13-29(31)40(30-14-3-5-16-32(30)41)25-21-22-28-27-12-7-10-20-38(27)45-39(28)23-25/h1-24H. The Hall–Kier alpha value is -5.64. The van der Waals surface area contributed by atoms with Crippen LogP contribution in [0.1, 0.15) is 0 Å². The topological polar surface area (TPSA) is 25.8 Å². The summed E-state index contributed by atoms with van der Waals surface area (Å²) in [6.45, 7) is 0. The lowest BCUT2D eigenvalue weighted by Crippen LogP contribution is -1.94. The van der Waals surface area contributed by atoms with Crippen LogP contribution in [0.3, 0.4) is 0 Å². The van der Waals surface area contributed by atoms with Crippen LogP contribution >= 0.6 is 11.3 Å². The molecule has 0 fully saturated rings. The van der Waals surface area contributed by atoms with Gasteiger partial charge in [-0.15, -0.1) is 11.3 Å². The van der Waals surface area contributed by atoms with Gasteiger partial charge >= 0.3 is 0 Å². The number of hydrogen-bond donors (Lipinski definition) is 0. The van der Waals surface area contributed by atoms with Crippen molar-refractivity contribution in [3.8, 4) is 22.3 Å². The zero-order valence-corrected chi connectivity index (χ0v) is 25.0. The first-order chi connectivity index (χ1) is 22.3. The summed E-state index contributed by atoms with van der Waals surface area (Å²) in [5.41, 5.74) is 8.62. The first-order valence-corrected chi connectivity index (χ1v) is 16.1. The number of fused-ring (bicyclic) bond motifs is 9. The van der Waals surface area contributed by atoms with Crippen LogP contribution in [0.4, 0.5) is 0 Å². The van der Waals surface area contributed by atoms with Crippen LogP contribution in [0.5, 0.6) is 0 Å². The van der Waals surface area contributed by atoms with Crippen LogP contribution in [-0.2, 0) is 0 Å². The van der Waals surface area contributed by atoms with Gasteiger partial charge in [0.15, 0.2) is 0 Å². The van der Waals surface area contributed by atoms with Crippen LogP contribution in [0, 0.1) is 0 Å². The lowest BCUT2D eigenvalue weighted by atomic mass is 9.84. The Labute approximate surface area is 262 Å². The molecule has 0 radical (unpaired) electrons. The molecular weight excluding hydrogens is 565 g/mol. The number of benzene rings is 8. The predicted octanol–water partition coefficient (Wildman–Crippen LogP) is 11.9. The summed E-state index contributed by atoms with van der Waals surface area (Å²) < 4.78 is 2.64. The van der Waals surface area contributed by atoms with Gasteiger partial charge in [-0.3, -0.25) is 0 Å². The fourth-order valence-corrected chi connectivity index (χ4v) is 8.41. The summed E-state index contributed by atoms with van der Waals surface area (Å²) in [5.74, 6) is 0. The molecule has 208 valence electrons. The van der Waals surface area contributed by atoms with E-state index in [9.17, 15) is 0 Å². The van der Waals surface area contributed by atoms with Gasteiger partial charge in [0.25, 0.3) is 0 Å². The predicted molar refractivity (Wildman–Crippen MR) is 193 cm³/mol. The van der Waals surface area contributed by atoms with E-state index < -0.39 is 0 Å². The van der Waals surface area contributed by atoms with Crippen molar-refractivity contribution in [2.24, 2.45) is 0 Å². The minimum Gasteiger partial charge on any atom is -0.244 e. The Morgan fingerprint density at radius 2 is 0.889 bits per heavy atom. The first-order valence-electron chi connectivity index (χ1n) is 15.3. The van der Waals surface area contributed by atoms with Gasteiger partial charge in [0.1, 0.15) is 0 Å². The highest BCUT2D eigenvalue weighted by Gasteiger charge is 2.20. The molecule has 0 amide bonds. The molecule has 2 aromatic heterocycles. The van der Waals surface area contributed by atoms with E-state index in [1.165, 1.54) is 69.4 Å². The van der Waals surface area contributed by atoms with Crippen molar-refractivity contribution < 1.29 is 0 Å². The second-order valence-electron chi connectivity index (χ2n) is 11.7. The monoisotopic (exact) mass is 588 g/mol. The molecule has 0 saturated carbocycles. The van der Waals surface area contributed by atoms with E-state index in [1.807, 2.05) is 35.6 Å². The molecule has 0 aliphatic heterocycles. The first kappa shape index (κ1) is 24.8. The van der Waals surface area contributed by atoms with Crippen molar-refractivity contribution in [2.45, 2.75) is 0 Å². The van der Waals surface area contributed by atoms with Gasteiger partial charge in [0.05, 0.1) is 22.1 Å². The van der Waals surface area contributed by atoms with Crippen molar-refractivity contribution in [2.75, 3.05) is 0 Å². The number of rotatable bonds is 2. The van der Waals surface area contributed by atoms with Crippen molar-refractivity contribution in [3.05, 3.63) is 146 Å².